The molecule has 0 aliphatic carbocycles. The van der Waals surface area contributed by atoms with Crippen LogP contribution in [0, 0.1) is 12.7 Å². The van der Waals surface area contributed by atoms with Gasteiger partial charge < -0.3 is 10.2 Å². The summed E-state index contributed by atoms with van der Waals surface area (Å²) in [6.45, 7) is 1.68. The van der Waals surface area contributed by atoms with Gasteiger partial charge >= 0.3 is 5.97 Å². The zero-order chi connectivity index (χ0) is 14.8. The van der Waals surface area contributed by atoms with E-state index in [1.807, 2.05) is 4.72 Å². The molecule has 0 amide bonds. The molecule has 1 atom stereocenters. The number of sulfonamides is 1. The lowest BCUT2D eigenvalue weighted by molar-refractivity contribution is -0.155. The molecule has 8 heteroatoms. The van der Waals surface area contributed by atoms with Crippen LogP contribution in [0.1, 0.15) is 12.5 Å². The number of rotatable bonds is 5. The molecule has 0 aliphatic heterocycles. The van der Waals surface area contributed by atoms with Crippen LogP contribution in [0.3, 0.4) is 0 Å². The van der Waals surface area contributed by atoms with Gasteiger partial charge in [0.25, 0.3) is 0 Å². The maximum Gasteiger partial charge on any atom is 0.336 e. The molecule has 1 aromatic rings. The van der Waals surface area contributed by atoms with E-state index in [1.165, 1.54) is 6.92 Å². The number of carboxylic acids is 1. The third kappa shape index (κ3) is 3.72. The molecule has 0 heterocycles. The van der Waals surface area contributed by atoms with Crippen LogP contribution in [0.25, 0.3) is 0 Å². The molecule has 0 aliphatic rings. The van der Waals surface area contributed by atoms with Crippen molar-refractivity contribution in [3.8, 4) is 0 Å². The number of nitrogens with one attached hydrogen (secondary N) is 1. The van der Waals surface area contributed by atoms with Gasteiger partial charge in [-0.1, -0.05) is 0 Å². The number of hydrogen-bond donors (Lipinski definition) is 3. The number of halogens is 1. The average Bonchev–Trinajstić information content (AvgIpc) is 2.26. The monoisotopic (exact) mass is 291 g/mol. The second-order valence-electron chi connectivity index (χ2n) is 4.31. The summed E-state index contributed by atoms with van der Waals surface area (Å²) in [5.74, 6) is -2.12. The number of benzene rings is 1. The third-order valence-corrected chi connectivity index (χ3v) is 4.06. The minimum Gasteiger partial charge on any atom is -0.479 e. The van der Waals surface area contributed by atoms with Gasteiger partial charge in [-0.25, -0.2) is 22.3 Å². The second-order valence-corrected chi connectivity index (χ2v) is 6.05. The molecule has 0 spiro atoms. The predicted octanol–water partition coefficient (Wildman–Crippen LogP) is 0.248. The smallest absolute Gasteiger partial charge is 0.336 e. The minimum atomic E-state index is -4.01. The van der Waals surface area contributed by atoms with Crippen molar-refractivity contribution >= 4 is 16.0 Å². The molecule has 0 aromatic heterocycles. The van der Waals surface area contributed by atoms with Crippen molar-refractivity contribution in [2.75, 3.05) is 6.54 Å². The van der Waals surface area contributed by atoms with Crippen molar-refractivity contribution in [3.63, 3.8) is 0 Å². The van der Waals surface area contributed by atoms with Crippen LogP contribution in [-0.2, 0) is 14.8 Å². The van der Waals surface area contributed by atoms with Gasteiger partial charge in [0, 0.05) is 0 Å². The number of aliphatic hydroxyl groups is 1. The van der Waals surface area contributed by atoms with Gasteiger partial charge in [-0.2, -0.15) is 0 Å². The molecule has 0 bridgehead atoms. The standard InChI is InChI=1S/C11H14FNO5S/c1-7-5-8(12)3-4-9(7)19(17,18)13-6-11(2,16)10(14)15/h3-5,13,16H,6H2,1-2H3,(H,14,15). The lowest BCUT2D eigenvalue weighted by Crippen LogP contribution is -2.46. The Balaban J connectivity index is 2.97. The Bertz CT molecular complexity index is 597. The van der Waals surface area contributed by atoms with Gasteiger partial charge in [-0.15, -0.1) is 0 Å². The molecule has 0 saturated carbocycles. The van der Waals surface area contributed by atoms with Crippen molar-refractivity contribution in [1.82, 2.24) is 4.72 Å². The minimum absolute atomic E-state index is 0.171. The van der Waals surface area contributed by atoms with Crippen molar-refractivity contribution in [3.05, 3.63) is 29.6 Å². The lowest BCUT2D eigenvalue weighted by atomic mass is 10.1. The first-order chi connectivity index (χ1) is 8.56. The Morgan fingerprint density at radius 3 is 2.53 bits per heavy atom. The average molecular weight is 291 g/mol. The van der Waals surface area contributed by atoms with E-state index in [-0.39, 0.29) is 10.5 Å². The van der Waals surface area contributed by atoms with Gasteiger partial charge in [0.05, 0.1) is 11.4 Å². The Labute approximate surface area is 109 Å². The first-order valence-corrected chi connectivity index (χ1v) is 6.76. The Hall–Kier alpha value is -1.51. The van der Waals surface area contributed by atoms with Gasteiger partial charge in [-0.05, 0) is 37.6 Å². The molecule has 0 fully saturated rings. The van der Waals surface area contributed by atoms with Crippen LogP contribution >= 0.6 is 0 Å². The summed E-state index contributed by atoms with van der Waals surface area (Å²) in [7, 11) is -4.01. The largest absolute Gasteiger partial charge is 0.479 e. The van der Waals surface area contributed by atoms with Crippen molar-refractivity contribution in [2.45, 2.75) is 24.3 Å². The summed E-state index contributed by atoms with van der Waals surface area (Å²) >= 11 is 0. The van der Waals surface area contributed by atoms with E-state index in [0.29, 0.717) is 0 Å². The summed E-state index contributed by atoms with van der Waals surface area (Å²) in [5.41, 5.74) is -2.04. The Morgan fingerprint density at radius 1 is 1.47 bits per heavy atom. The number of carboxylic acid groups (broad SMARTS) is 1. The Kier molecular flexibility index (Phi) is 4.28. The number of carbonyl (C=O) groups is 1. The van der Waals surface area contributed by atoms with Crippen LogP contribution in [0.4, 0.5) is 4.39 Å². The van der Waals surface area contributed by atoms with E-state index in [0.717, 1.165) is 25.1 Å². The summed E-state index contributed by atoms with van der Waals surface area (Å²) in [5, 5.41) is 18.1. The molecular formula is C11H14FNO5S. The maximum absolute atomic E-state index is 12.9. The Morgan fingerprint density at radius 2 is 2.05 bits per heavy atom. The van der Waals surface area contributed by atoms with Crippen LogP contribution in [0.5, 0.6) is 0 Å². The lowest BCUT2D eigenvalue weighted by Gasteiger charge is -2.18. The maximum atomic E-state index is 12.9. The normalized spacial score (nSPS) is 14.9. The topological polar surface area (TPSA) is 104 Å². The molecule has 1 aromatic carbocycles. The molecule has 3 N–H and O–H groups in total. The quantitative estimate of drug-likeness (QED) is 0.721. The zero-order valence-electron chi connectivity index (χ0n) is 10.3. The van der Waals surface area contributed by atoms with Gasteiger partial charge in [0.15, 0.2) is 5.60 Å². The second kappa shape index (κ2) is 5.24. The fourth-order valence-corrected chi connectivity index (χ4v) is 2.66. The molecular weight excluding hydrogens is 277 g/mol. The van der Waals surface area contributed by atoms with E-state index in [4.69, 9.17) is 5.11 Å². The molecule has 106 valence electrons. The summed E-state index contributed by atoms with van der Waals surface area (Å²) in [6, 6.07) is 3.10. The van der Waals surface area contributed by atoms with Gasteiger partial charge in [0.2, 0.25) is 10.0 Å². The highest BCUT2D eigenvalue weighted by atomic mass is 32.2. The van der Waals surface area contributed by atoms with E-state index in [2.05, 4.69) is 0 Å². The number of aliphatic carboxylic acids is 1. The van der Waals surface area contributed by atoms with Crippen LogP contribution < -0.4 is 4.72 Å². The summed E-state index contributed by atoms with van der Waals surface area (Å²) < 4.78 is 38.7. The van der Waals surface area contributed by atoms with E-state index in [9.17, 15) is 22.7 Å². The van der Waals surface area contributed by atoms with E-state index >= 15 is 0 Å². The first-order valence-electron chi connectivity index (χ1n) is 5.28. The third-order valence-electron chi connectivity index (χ3n) is 2.49. The molecule has 1 unspecified atom stereocenters. The van der Waals surface area contributed by atoms with Crippen LogP contribution in [0.15, 0.2) is 23.1 Å². The molecule has 6 nitrogen and oxygen atoms in total. The van der Waals surface area contributed by atoms with Crippen LogP contribution in [0.2, 0.25) is 0 Å². The molecule has 0 saturated heterocycles. The van der Waals surface area contributed by atoms with E-state index in [1.54, 1.807) is 0 Å². The predicted molar refractivity (Wildman–Crippen MR) is 64.6 cm³/mol. The highest BCUT2D eigenvalue weighted by Crippen LogP contribution is 2.16. The van der Waals surface area contributed by atoms with Gasteiger partial charge in [0.1, 0.15) is 5.82 Å². The van der Waals surface area contributed by atoms with Crippen molar-refractivity contribution < 1.29 is 27.8 Å². The van der Waals surface area contributed by atoms with Crippen LogP contribution in [-0.4, -0.2) is 36.7 Å². The first kappa shape index (κ1) is 15.5. The highest BCUT2D eigenvalue weighted by molar-refractivity contribution is 7.89. The fourth-order valence-electron chi connectivity index (χ4n) is 1.30. The molecule has 0 radical (unpaired) electrons. The van der Waals surface area contributed by atoms with Gasteiger partial charge in [-0.3, -0.25) is 0 Å². The zero-order valence-corrected chi connectivity index (χ0v) is 11.2. The van der Waals surface area contributed by atoms with Crippen molar-refractivity contribution in [2.24, 2.45) is 0 Å². The molecule has 1 rings (SSSR count). The van der Waals surface area contributed by atoms with Crippen molar-refractivity contribution in [1.29, 1.82) is 0 Å². The highest BCUT2D eigenvalue weighted by Gasteiger charge is 2.32. The number of aryl methyl sites for hydroxylation is 1. The van der Waals surface area contributed by atoms with E-state index < -0.39 is 34.0 Å². The fraction of sp³-hybridized carbons (Fsp3) is 0.364. The summed E-state index contributed by atoms with van der Waals surface area (Å²) in [4.78, 5) is 10.5. The molecule has 19 heavy (non-hydrogen) atoms. The summed E-state index contributed by atoms with van der Waals surface area (Å²) in [6.07, 6.45) is 0. The number of hydrogen-bond acceptors (Lipinski definition) is 4. The SMILES string of the molecule is Cc1cc(F)ccc1S(=O)(=O)NCC(C)(O)C(=O)O.